The van der Waals surface area contributed by atoms with E-state index < -0.39 is 17.7 Å². The highest BCUT2D eigenvalue weighted by atomic mass is 16.5. The zero-order valence-corrected chi connectivity index (χ0v) is 19.6. The molecule has 1 aliphatic rings. The van der Waals surface area contributed by atoms with Crippen molar-refractivity contribution in [2.24, 2.45) is 0 Å². The molecule has 1 amide bonds. The zero-order valence-electron chi connectivity index (χ0n) is 19.6. The second kappa shape index (κ2) is 10.9. The van der Waals surface area contributed by atoms with Crippen molar-refractivity contribution in [2.75, 3.05) is 27.4 Å². The smallest absolute Gasteiger partial charge is 0.295 e. The molecule has 1 fully saturated rings. The summed E-state index contributed by atoms with van der Waals surface area (Å²) in [7, 11) is 3.07. The summed E-state index contributed by atoms with van der Waals surface area (Å²) < 4.78 is 16.3. The first kappa shape index (κ1) is 24.0. The van der Waals surface area contributed by atoms with Crippen molar-refractivity contribution >= 4 is 17.4 Å². The van der Waals surface area contributed by atoms with Gasteiger partial charge in [-0.2, -0.15) is 0 Å². The van der Waals surface area contributed by atoms with Crippen LogP contribution in [0.15, 0.2) is 84.4 Å². The van der Waals surface area contributed by atoms with Crippen LogP contribution in [0.4, 0.5) is 0 Å². The molecule has 1 heterocycles. The molecule has 4 rings (SSSR count). The van der Waals surface area contributed by atoms with Gasteiger partial charge in [-0.05, 0) is 47.5 Å². The van der Waals surface area contributed by atoms with Gasteiger partial charge in [0.2, 0.25) is 0 Å². The molecule has 0 aliphatic carbocycles. The van der Waals surface area contributed by atoms with Crippen LogP contribution in [-0.4, -0.2) is 49.1 Å². The van der Waals surface area contributed by atoms with Gasteiger partial charge in [-0.25, -0.2) is 0 Å². The Balaban J connectivity index is 1.72. The summed E-state index contributed by atoms with van der Waals surface area (Å²) in [6, 6.07) is 22.9. The van der Waals surface area contributed by atoms with Gasteiger partial charge >= 0.3 is 0 Å². The van der Waals surface area contributed by atoms with Crippen molar-refractivity contribution in [1.82, 2.24) is 4.90 Å². The lowest BCUT2D eigenvalue weighted by molar-refractivity contribution is -0.140. The highest BCUT2D eigenvalue weighted by molar-refractivity contribution is 6.46. The molecule has 0 radical (unpaired) electrons. The van der Waals surface area contributed by atoms with Crippen LogP contribution in [0.2, 0.25) is 0 Å². The summed E-state index contributed by atoms with van der Waals surface area (Å²) in [5.74, 6) is -0.464. The topological polar surface area (TPSA) is 85.3 Å². The first-order valence-electron chi connectivity index (χ1n) is 11.2. The lowest BCUT2D eigenvalue weighted by Crippen LogP contribution is -2.32. The van der Waals surface area contributed by atoms with E-state index in [0.29, 0.717) is 29.2 Å². The number of nitrogens with zero attached hydrogens (tertiary/aromatic N) is 1. The summed E-state index contributed by atoms with van der Waals surface area (Å²) in [5.41, 5.74) is 2.11. The molecule has 180 valence electrons. The number of ether oxygens (including phenoxy) is 3. The second-order valence-corrected chi connectivity index (χ2v) is 8.06. The van der Waals surface area contributed by atoms with Gasteiger partial charge in [0.25, 0.3) is 11.7 Å². The van der Waals surface area contributed by atoms with Crippen molar-refractivity contribution in [3.8, 4) is 11.5 Å². The molecular weight excluding hydrogens is 446 g/mol. The highest BCUT2D eigenvalue weighted by Crippen LogP contribution is 2.40. The maximum atomic E-state index is 13.1. The number of amides is 1. The number of methoxy groups -OCH3 is 2. The first-order valence-corrected chi connectivity index (χ1v) is 11.2. The quantitative estimate of drug-likeness (QED) is 0.283. The minimum absolute atomic E-state index is 0.0245. The van der Waals surface area contributed by atoms with Gasteiger partial charge in [-0.1, -0.05) is 42.5 Å². The highest BCUT2D eigenvalue weighted by Gasteiger charge is 2.46. The molecule has 1 aliphatic heterocycles. The number of rotatable bonds is 9. The number of aliphatic hydroxyl groups is 1. The minimum Gasteiger partial charge on any atom is -0.507 e. The van der Waals surface area contributed by atoms with Gasteiger partial charge in [-0.3, -0.25) is 9.59 Å². The van der Waals surface area contributed by atoms with E-state index in [4.69, 9.17) is 14.2 Å². The van der Waals surface area contributed by atoms with E-state index in [9.17, 15) is 14.7 Å². The lowest BCUT2D eigenvalue weighted by Gasteiger charge is -2.25. The van der Waals surface area contributed by atoms with Gasteiger partial charge < -0.3 is 24.2 Å². The number of Topliss-reactive ketones (excluding diaryl/α,β-unsaturated/α-hetero) is 1. The zero-order chi connectivity index (χ0) is 24.8. The molecule has 7 nitrogen and oxygen atoms in total. The largest absolute Gasteiger partial charge is 0.507 e. The van der Waals surface area contributed by atoms with Crippen LogP contribution in [0.25, 0.3) is 5.76 Å². The molecule has 1 saturated heterocycles. The number of carbonyl (C=O) groups is 2. The molecule has 1 atom stereocenters. The number of likely N-dealkylation sites (tertiary alicyclic amines) is 1. The average Bonchev–Trinajstić information content (AvgIpc) is 3.16. The van der Waals surface area contributed by atoms with Gasteiger partial charge in [0.1, 0.15) is 23.9 Å². The van der Waals surface area contributed by atoms with Crippen LogP contribution in [0.3, 0.4) is 0 Å². The minimum atomic E-state index is -0.785. The summed E-state index contributed by atoms with van der Waals surface area (Å²) in [6.07, 6.45) is 0. The average molecular weight is 474 g/mol. The first-order chi connectivity index (χ1) is 17.0. The summed E-state index contributed by atoms with van der Waals surface area (Å²) in [5, 5.41) is 11.1. The van der Waals surface area contributed by atoms with Crippen LogP contribution >= 0.6 is 0 Å². The number of hydrogen-bond acceptors (Lipinski definition) is 6. The van der Waals surface area contributed by atoms with Crippen molar-refractivity contribution < 1.29 is 28.9 Å². The van der Waals surface area contributed by atoms with Gasteiger partial charge in [0, 0.05) is 19.2 Å². The Hall–Kier alpha value is -4.10. The maximum Gasteiger partial charge on any atom is 0.295 e. The van der Waals surface area contributed by atoms with Crippen LogP contribution in [0.5, 0.6) is 11.5 Å². The molecule has 0 aromatic heterocycles. The Morgan fingerprint density at radius 2 is 1.66 bits per heavy atom. The molecule has 0 saturated carbocycles. The fourth-order valence-corrected chi connectivity index (χ4v) is 4.07. The monoisotopic (exact) mass is 473 g/mol. The molecule has 3 aromatic carbocycles. The van der Waals surface area contributed by atoms with Crippen molar-refractivity contribution in [3.63, 3.8) is 0 Å². The summed E-state index contributed by atoms with van der Waals surface area (Å²) in [4.78, 5) is 27.5. The number of hydrogen-bond donors (Lipinski definition) is 1. The Labute approximate surface area is 204 Å². The summed E-state index contributed by atoms with van der Waals surface area (Å²) in [6.45, 7) is 0.816. The maximum absolute atomic E-state index is 13.1. The van der Waals surface area contributed by atoms with Crippen molar-refractivity contribution in [2.45, 2.75) is 12.6 Å². The van der Waals surface area contributed by atoms with E-state index in [2.05, 4.69) is 0 Å². The van der Waals surface area contributed by atoms with E-state index in [1.807, 2.05) is 42.5 Å². The van der Waals surface area contributed by atoms with Gasteiger partial charge in [0.05, 0.1) is 25.3 Å². The van der Waals surface area contributed by atoms with E-state index in [-0.39, 0.29) is 24.5 Å². The normalized spacial score (nSPS) is 17.0. The molecule has 1 unspecified atom stereocenters. The number of carbonyl (C=O) groups excluding carboxylic acids is 2. The third-order valence-electron chi connectivity index (χ3n) is 5.86. The van der Waals surface area contributed by atoms with Crippen LogP contribution in [0, 0.1) is 0 Å². The second-order valence-electron chi connectivity index (χ2n) is 8.06. The van der Waals surface area contributed by atoms with E-state index >= 15 is 0 Å². The van der Waals surface area contributed by atoms with Crippen molar-refractivity contribution in [3.05, 3.63) is 101 Å². The number of ketones is 1. The third kappa shape index (κ3) is 5.20. The Morgan fingerprint density at radius 1 is 0.914 bits per heavy atom. The standard InChI is InChI=1S/C28H27NO6/c1-33-16-15-29-25(21-9-6-10-23(17-21)35-18-19-7-4-3-5-8-19)24(27(31)28(29)32)26(30)20-11-13-22(34-2)14-12-20/h3-14,17,25,30H,15-16,18H2,1-2H3/b26-24-. The van der Waals surface area contributed by atoms with Crippen LogP contribution < -0.4 is 9.47 Å². The van der Waals surface area contributed by atoms with Crippen molar-refractivity contribution in [1.29, 1.82) is 0 Å². The van der Waals surface area contributed by atoms with Gasteiger partial charge in [0.15, 0.2) is 0 Å². The lowest BCUT2D eigenvalue weighted by atomic mass is 9.95. The Morgan fingerprint density at radius 3 is 2.34 bits per heavy atom. The molecule has 7 heteroatoms. The molecular formula is C28H27NO6. The predicted molar refractivity (Wildman–Crippen MR) is 131 cm³/mol. The number of benzene rings is 3. The fourth-order valence-electron chi connectivity index (χ4n) is 4.07. The molecule has 0 bridgehead atoms. The predicted octanol–water partition coefficient (Wildman–Crippen LogP) is 4.34. The van der Waals surface area contributed by atoms with Crippen LogP contribution in [0.1, 0.15) is 22.7 Å². The van der Waals surface area contributed by atoms with Gasteiger partial charge in [-0.15, -0.1) is 0 Å². The number of aliphatic hydroxyl groups excluding tert-OH is 1. The van der Waals surface area contributed by atoms with E-state index in [1.165, 1.54) is 12.0 Å². The molecule has 0 spiro atoms. The Kier molecular flexibility index (Phi) is 7.48. The fraction of sp³-hybridized carbons (Fsp3) is 0.214. The van der Waals surface area contributed by atoms with Crippen LogP contribution in [-0.2, 0) is 20.9 Å². The Bertz CT molecular complexity index is 1220. The van der Waals surface area contributed by atoms with E-state index in [1.54, 1.807) is 43.5 Å². The SMILES string of the molecule is COCCN1C(=O)C(=O)/C(=C(\O)c2ccc(OC)cc2)C1c1cccc(OCc2ccccc2)c1. The van der Waals surface area contributed by atoms with E-state index in [0.717, 1.165) is 5.56 Å². The molecule has 1 N–H and O–H groups in total. The summed E-state index contributed by atoms with van der Waals surface area (Å²) >= 11 is 0. The molecule has 3 aromatic rings. The molecule has 35 heavy (non-hydrogen) atoms. The third-order valence-corrected chi connectivity index (χ3v) is 5.86.